The first kappa shape index (κ1) is 17.9. The number of hydrogen-bond donors (Lipinski definition) is 1. The fourth-order valence-corrected chi connectivity index (χ4v) is 2.70. The molecule has 1 aromatic heterocycles. The van der Waals surface area contributed by atoms with Crippen LogP contribution in [-0.4, -0.2) is 48.5 Å². The van der Waals surface area contributed by atoms with Crippen molar-refractivity contribution < 1.29 is 4.84 Å². The number of unbranched alkanes of at least 4 members (excludes halogenated alkanes) is 1. The molecular formula is C18H30N4O. The van der Waals surface area contributed by atoms with Gasteiger partial charge in [-0.2, -0.15) is 0 Å². The van der Waals surface area contributed by atoms with E-state index in [1.54, 1.807) is 6.20 Å². The van der Waals surface area contributed by atoms with E-state index >= 15 is 0 Å². The number of piperidine rings is 1. The number of aromatic nitrogens is 1. The number of nitrogens with zero attached hydrogens (tertiary/aromatic N) is 3. The zero-order valence-corrected chi connectivity index (χ0v) is 14.3. The maximum atomic E-state index is 5.64. The predicted octanol–water partition coefficient (Wildman–Crippen LogP) is 3.03. The van der Waals surface area contributed by atoms with Crippen LogP contribution in [0.1, 0.15) is 51.0 Å². The summed E-state index contributed by atoms with van der Waals surface area (Å²) in [7, 11) is 0. The summed E-state index contributed by atoms with van der Waals surface area (Å²) in [4.78, 5) is 16.9. The first-order valence-electron chi connectivity index (χ1n) is 8.95. The minimum absolute atomic E-state index is 0.698. The predicted molar refractivity (Wildman–Crippen MR) is 94.5 cm³/mol. The van der Waals surface area contributed by atoms with Crippen LogP contribution in [0, 0.1) is 0 Å². The zero-order valence-electron chi connectivity index (χ0n) is 14.3. The van der Waals surface area contributed by atoms with Gasteiger partial charge in [0.2, 0.25) is 0 Å². The van der Waals surface area contributed by atoms with Crippen molar-refractivity contribution in [1.82, 2.24) is 15.4 Å². The summed E-state index contributed by atoms with van der Waals surface area (Å²) < 4.78 is 0. The number of nitrogens with one attached hydrogen (secondary N) is 1. The van der Waals surface area contributed by atoms with Crippen LogP contribution < -0.4 is 5.48 Å². The van der Waals surface area contributed by atoms with Gasteiger partial charge in [-0.1, -0.05) is 19.8 Å². The average molecular weight is 318 g/mol. The molecule has 1 aliphatic heterocycles. The molecule has 5 nitrogen and oxygen atoms in total. The van der Waals surface area contributed by atoms with E-state index in [2.05, 4.69) is 27.3 Å². The minimum Gasteiger partial charge on any atom is -0.303 e. The molecule has 1 fully saturated rings. The van der Waals surface area contributed by atoms with Crippen LogP contribution in [-0.2, 0) is 4.84 Å². The van der Waals surface area contributed by atoms with Crippen LogP contribution >= 0.6 is 0 Å². The van der Waals surface area contributed by atoms with Crippen LogP contribution in [0.15, 0.2) is 29.5 Å². The van der Waals surface area contributed by atoms with Gasteiger partial charge in [0.1, 0.15) is 0 Å². The van der Waals surface area contributed by atoms with Crippen molar-refractivity contribution in [1.29, 1.82) is 0 Å². The maximum Gasteiger partial charge on any atom is 0.153 e. The fourth-order valence-electron chi connectivity index (χ4n) is 2.70. The standard InChI is InChI=1S/C18H30N4O/c1-2-3-11-20-18(17-9-7-10-19-16-17)21-23-15-8-14-22-12-5-4-6-13-22/h7,9-10,16H,2-6,8,11-15H2,1H3,(H,20,21). The molecule has 5 heteroatoms. The molecule has 1 saturated heterocycles. The number of amidine groups is 1. The van der Waals surface area contributed by atoms with E-state index < -0.39 is 0 Å². The molecule has 2 heterocycles. The average Bonchev–Trinajstić information content (AvgIpc) is 2.62. The van der Waals surface area contributed by atoms with E-state index in [0.717, 1.165) is 43.8 Å². The molecule has 0 atom stereocenters. The van der Waals surface area contributed by atoms with Crippen molar-refractivity contribution in [3.63, 3.8) is 0 Å². The molecule has 0 amide bonds. The number of rotatable bonds is 9. The lowest BCUT2D eigenvalue weighted by molar-refractivity contribution is 0.0742. The molecule has 0 saturated carbocycles. The Hall–Kier alpha value is -1.46. The smallest absolute Gasteiger partial charge is 0.153 e. The highest BCUT2D eigenvalue weighted by atomic mass is 16.6. The van der Waals surface area contributed by atoms with E-state index in [1.807, 2.05) is 18.3 Å². The fraction of sp³-hybridized carbons (Fsp3) is 0.667. The molecule has 2 rings (SSSR count). The van der Waals surface area contributed by atoms with Gasteiger partial charge in [-0.25, -0.2) is 5.48 Å². The molecule has 0 aromatic carbocycles. The first-order valence-corrected chi connectivity index (χ1v) is 8.95. The van der Waals surface area contributed by atoms with Crippen molar-refractivity contribution in [2.45, 2.75) is 45.4 Å². The highest BCUT2D eigenvalue weighted by molar-refractivity contribution is 5.97. The topological polar surface area (TPSA) is 49.8 Å². The van der Waals surface area contributed by atoms with Gasteiger partial charge in [-0.15, -0.1) is 0 Å². The van der Waals surface area contributed by atoms with Crippen molar-refractivity contribution in [2.75, 3.05) is 32.8 Å². The monoisotopic (exact) mass is 318 g/mol. The highest BCUT2D eigenvalue weighted by Crippen LogP contribution is 2.08. The van der Waals surface area contributed by atoms with Gasteiger partial charge in [-0.3, -0.25) is 14.8 Å². The highest BCUT2D eigenvalue weighted by Gasteiger charge is 2.09. The lowest BCUT2D eigenvalue weighted by Gasteiger charge is -2.26. The molecule has 0 bridgehead atoms. The summed E-state index contributed by atoms with van der Waals surface area (Å²) in [6.07, 6.45) is 10.9. The number of pyridine rings is 1. The summed E-state index contributed by atoms with van der Waals surface area (Å²) in [5.74, 6) is 0.782. The van der Waals surface area contributed by atoms with Crippen molar-refractivity contribution in [2.24, 2.45) is 4.99 Å². The summed E-state index contributed by atoms with van der Waals surface area (Å²) in [6, 6.07) is 3.92. The van der Waals surface area contributed by atoms with E-state index in [-0.39, 0.29) is 0 Å². The summed E-state index contributed by atoms with van der Waals surface area (Å²) in [5.41, 5.74) is 4.00. The van der Waals surface area contributed by atoms with Gasteiger partial charge in [-0.05, 0) is 50.9 Å². The van der Waals surface area contributed by atoms with Crippen molar-refractivity contribution in [3.8, 4) is 0 Å². The minimum atomic E-state index is 0.698. The summed E-state index contributed by atoms with van der Waals surface area (Å²) in [6.45, 7) is 7.29. The maximum absolute atomic E-state index is 5.64. The van der Waals surface area contributed by atoms with E-state index in [4.69, 9.17) is 4.84 Å². The number of hydroxylamine groups is 1. The molecule has 1 aliphatic rings. The zero-order chi connectivity index (χ0) is 16.2. The van der Waals surface area contributed by atoms with Crippen LogP contribution in [0.2, 0.25) is 0 Å². The molecular weight excluding hydrogens is 288 g/mol. The molecule has 1 aromatic rings. The van der Waals surface area contributed by atoms with Crippen molar-refractivity contribution in [3.05, 3.63) is 30.1 Å². The molecule has 0 aliphatic carbocycles. The third kappa shape index (κ3) is 7.10. The normalized spacial score (nSPS) is 16.5. The number of aliphatic imine (C=N–C) groups is 1. The summed E-state index contributed by atoms with van der Waals surface area (Å²) >= 11 is 0. The Morgan fingerprint density at radius 2 is 2.17 bits per heavy atom. The van der Waals surface area contributed by atoms with Crippen LogP contribution in [0.3, 0.4) is 0 Å². The lowest BCUT2D eigenvalue weighted by Crippen LogP contribution is -2.32. The van der Waals surface area contributed by atoms with E-state index in [1.165, 1.54) is 32.4 Å². The largest absolute Gasteiger partial charge is 0.303 e. The molecule has 1 N–H and O–H groups in total. The lowest BCUT2D eigenvalue weighted by atomic mass is 10.1. The van der Waals surface area contributed by atoms with Gasteiger partial charge in [0.05, 0.1) is 6.61 Å². The molecule has 128 valence electrons. The van der Waals surface area contributed by atoms with E-state index in [9.17, 15) is 0 Å². The molecule has 0 unspecified atom stereocenters. The van der Waals surface area contributed by atoms with Crippen molar-refractivity contribution >= 4 is 5.84 Å². The SMILES string of the molecule is CCCCN=C(NOCCCN1CCCCC1)c1cccnc1. The molecule has 0 radical (unpaired) electrons. The number of likely N-dealkylation sites (tertiary alicyclic amines) is 1. The Kier molecular flexibility index (Phi) is 8.66. The Labute approximate surface area is 140 Å². The second kappa shape index (κ2) is 11.1. The third-order valence-electron chi connectivity index (χ3n) is 4.05. The Morgan fingerprint density at radius 1 is 1.30 bits per heavy atom. The Morgan fingerprint density at radius 3 is 2.91 bits per heavy atom. The van der Waals surface area contributed by atoms with Gasteiger partial charge in [0.25, 0.3) is 0 Å². The second-order valence-corrected chi connectivity index (χ2v) is 6.03. The van der Waals surface area contributed by atoms with Crippen LogP contribution in [0.4, 0.5) is 0 Å². The molecule has 0 spiro atoms. The number of hydrogen-bond acceptors (Lipinski definition) is 4. The van der Waals surface area contributed by atoms with Gasteiger partial charge in [0, 0.05) is 31.0 Å². The van der Waals surface area contributed by atoms with E-state index in [0.29, 0.717) is 6.61 Å². The Bertz CT molecular complexity index is 444. The third-order valence-corrected chi connectivity index (χ3v) is 4.05. The Balaban J connectivity index is 1.71. The molecule has 23 heavy (non-hydrogen) atoms. The first-order chi connectivity index (χ1) is 11.4. The quantitative estimate of drug-likeness (QED) is 0.329. The second-order valence-electron chi connectivity index (χ2n) is 6.03. The van der Waals surface area contributed by atoms with Gasteiger partial charge >= 0.3 is 0 Å². The van der Waals surface area contributed by atoms with Gasteiger partial charge in [0.15, 0.2) is 5.84 Å². The van der Waals surface area contributed by atoms with Gasteiger partial charge < -0.3 is 4.90 Å². The van der Waals surface area contributed by atoms with Crippen LogP contribution in [0.25, 0.3) is 0 Å². The summed E-state index contributed by atoms with van der Waals surface area (Å²) in [5, 5.41) is 0. The van der Waals surface area contributed by atoms with Crippen LogP contribution in [0.5, 0.6) is 0 Å².